The van der Waals surface area contributed by atoms with Crippen molar-refractivity contribution in [2.24, 2.45) is 0 Å². The summed E-state index contributed by atoms with van der Waals surface area (Å²) in [5.41, 5.74) is 0. The number of thiazole rings is 1. The van der Waals surface area contributed by atoms with Gasteiger partial charge >= 0.3 is 0 Å². The lowest BCUT2D eigenvalue weighted by atomic mass is 10.1. The average Bonchev–Trinajstić information content (AvgIpc) is 2.72. The van der Waals surface area contributed by atoms with Crippen LogP contribution in [0.25, 0.3) is 0 Å². The molecule has 4 heteroatoms. The van der Waals surface area contributed by atoms with Crippen molar-refractivity contribution in [1.29, 1.82) is 0 Å². The molecule has 0 aromatic carbocycles. The molecule has 0 fully saturated rings. The fourth-order valence-electron chi connectivity index (χ4n) is 1.81. The molecular formula is C11H19BrN2S. The lowest BCUT2D eigenvalue weighted by Gasteiger charge is -2.28. The molecule has 1 rings (SSSR count). The predicted octanol–water partition coefficient (Wildman–Crippen LogP) is 3.53. The van der Waals surface area contributed by atoms with Crippen molar-refractivity contribution in [1.82, 2.24) is 9.88 Å². The van der Waals surface area contributed by atoms with Crippen LogP contribution in [0.4, 0.5) is 0 Å². The molecule has 0 saturated carbocycles. The van der Waals surface area contributed by atoms with E-state index in [1.165, 1.54) is 17.8 Å². The second-order valence-corrected chi connectivity index (χ2v) is 5.33. The van der Waals surface area contributed by atoms with E-state index in [2.05, 4.69) is 45.0 Å². The highest BCUT2D eigenvalue weighted by Gasteiger charge is 2.15. The van der Waals surface area contributed by atoms with Gasteiger partial charge in [0, 0.05) is 29.5 Å². The highest BCUT2D eigenvalue weighted by Crippen LogP contribution is 2.15. The molecule has 1 aromatic rings. The van der Waals surface area contributed by atoms with E-state index in [9.17, 15) is 0 Å². The molecular weight excluding hydrogens is 272 g/mol. The van der Waals surface area contributed by atoms with Gasteiger partial charge in [0.25, 0.3) is 0 Å². The predicted molar refractivity (Wildman–Crippen MR) is 70.7 cm³/mol. The summed E-state index contributed by atoms with van der Waals surface area (Å²) in [6.45, 7) is 6.62. The van der Waals surface area contributed by atoms with Gasteiger partial charge in [-0.1, -0.05) is 29.8 Å². The molecule has 0 spiro atoms. The van der Waals surface area contributed by atoms with E-state index >= 15 is 0 Å². The van der Waals surface area contributed by atoms with E-state index < -0.39 is 0 Å². The maximum Gasteiger partial charge on any atom is 0.107 e. The summed E-state index contributed by atoms with van der Waals surface area (Å²) in [4.78, 5) is 6.87. The Hall–Kier alpha value is 0.0700. The van der Waals surface area contributed by atoms with Crippen molar-refractivity contribution >= 4 is 27.3 Å². The van der Waals surface area contributed by atoms with Crippen LogP contribution < -0.4 is 0 Å². The Morgan fingerprint density at radius 3 is 2.67 bits per heavy atom. The number of rotatable bonds is 7. The number of alkyl halides is 1. The smallest absolute Gasteiger partial charge is 0.107 e. The summed E-state index contributed by atoms with van der Waals surface area (Å²) in [6, 6.07) is 0.687. The SMILES string of the molecule is CCC(CC)N(CCBr)Cc1nccs1. The minimum absolute atomic E-state index is 0.687. The van der Waals surface area contributed by atoms with Gasteiger partial charge in [-0.3, -0.25) is 4.90 Å². The van der Waals surface area contributed by atoms with Gasteiger partial charge in [-0.25, -0.2) is 4.98 Å². The first-order valence-electron chi connectivity index (χ1n) is 5.50. The van der Waals surface area contributed by atoms with Gasteiger partial charge in [0.05, 0.1) is 6.54 Å². The highest BCUT2D eigenvalue weighted by atomic mass is 79.9. The van der Waals surface area contributed by atoms with Gasteiger partial charge in [0.1, 0.15) is 5.01 Å². The average molecular weight is 291 g/mol. The van der Waals surface area contributed by atoms with Gasteiger partial charge in [0.15, 0.2) is 0 Å². The zero-order valence-electron chi connectivity index (χ0n) is 9.45. The van der Waals surface area contributed by atoms with Crippen molar-refractivity contribution < 1.29 is 0 Å². The monoisotopic (exact) mass is 290 g/mol. The first kappa shape index (κ1) is 13.1. The molecule has 1 heterocycles. The molecule has 0 aliphatic heterocycles. The maximum absolute atomic E-state index is 4.35. The van der Waals surface area contributed by atoms with E-state index in [1.54, 1.807) is 11.3 Å². The Morgan fingerprint density at radius 2 is 2.20 bits per heavy atom. The van der Waals surface area contributed by atoms with Gasteiger partial charge in [-0.05, 0) is 12.8 Å². The van der Waals surface area contributed by atoms with E-state index in [4.69, 9.17) is 0 Å². The zero-order valence-corrected chi connectivity index (χ0v) is 11.9. The molecule has 0 bridgehead atoms. The molecule has 0 amide bonds. The van der Waals surface area contributed by atoms with Crippen LogP contribution in [0.1, 0.15) is 31.7 Å². The van der Waals surface area contributed by atoms with Crippen LogP contribution in [0.15, 0.2) is 11.6 Å². The van der Waals surface area contributed by atoms with Crippen LogP contribution in [0, 0.1) is 0 Å². The van der Waals surface area contributed by atoms with Crippen LogP contribution in [-0.4, -0.2) is 27.8 Å². The normalized spacial score (nSPS) is 11.5. The summed E-state index contributed by atoms with van der Waals surface area (Å²) in [7, 11) is 0. The number of aromatic nitrogens is 1. The van der Waals surface area contributed by atoms with Crippen LogP contribution in [0.2, 0.25) is 0 Å². The fourth-order valence-corrected chi connectivity index (χ4v) is 2.91. The molecule has 1 aromatic heterocycles. The van der Waals surface area contributed by atoms with Crippen LogP contribution in [0.3, 0.4) is 0 Å². The largest absolute Gasteiger partial charge is 0.293 e. The molecule has 0 N–H and O–H groups in total. The summed E-state index contributed by atoms with van der Waals surface area (Å²) in [5.74, 6) is 0. The van der Waals surface area contributed by atoms with Crippen molar-refractivity contribution in [2.75, 3.05) is 11.9 Å². The van der Waals surface area contributed by atoms with E-state index in [1.807, 2.05) is 6.20 Å². The molecule has 0 atom stereocenters. The summed E-state index contributed by atoms with van der Waals surface area (Å²) in [5, 5.41) is 4.31. The van der Waals surface area contributed by atoms with Crippen molar-refractivity contribution in [3.63, 3.8) is 0 Å². The molecule has 0 saturated heterocycles. The van der Waals surface area contributed by atoms with Crippen LogP contribution in [0.5, 0.6) is 0 Å². The highest BCUT2D eigenvalue weighted by molar-refractivity contribution is 9.09. The summed E-state index contributed by atoms with van der Waals surface area (Å²) < 4.78 is 0. The first-order chi connectivity index (χ1) is 7.31. The lowest BCUT2D eigenvalue weighted by Crippen LogP contribution is -2.35. The molecule has 0 radical (unpaired) electrons. The molecule has 15 heavy (non-hydrogen) atoms. The Balaban J connectivity index is 2.56. The third-order valence-electron chi connectivity index (χ3n) is 2.65. The Bertz CT molecular complexity index is 247. The second-order valence-electron chi connectivity index (χ2n) is 3.56. The van der Waals surface area contributed by atoms with Crippen LogP contribution >= 0.6 is 27.3 Å². The van der Waals surface area contributed by atoms with Gasteiger partial charge in [-0.2, -0.15) is 0 Å². The molecule has 2 nitrogen and oxygen atoms in total. The third-order valence-corrected chi connectivity index (χ3v) is 3.77. The first-order valence-corrected chi connectivity index (χ1v) is 7.50. The van der Waals surface area contributed by atoms with Crippen molar-refractivity contribution in [3.8, 4) is 0 Å². The topological polar surface area (TPSA) is 16.1 Å². The van der Waals surface area contributed by atoms with E-state index in [0.717, 1.165) is 18.4 Å². The lowest BCUT2D eigenvalue weighted by molar-refractivity contribution is 0.189. The minimum Gasteiger partial charge on any atom is -0.293 e. The molecule has 0 aliphatic rings. The summed E-state index contributed by atoms with van der Waals surface area (Å²) in [6.07, 6.45) is 4.32. The zero-order chi connectivity index (χ0) is 11.1. The minimum atomic E-state index is 0.687. The second kappa shape index (κ2) is 7.36. The maximum atomic E-state index is 4.35. The quantitative estimate of drug-likeness (QED) is 0.714. The Kier molecular flexibility index (Phi) is 6.45. The van der Waals surface area contributed by atoms with Crippen molar-refractivity contribution in [2.45, 2.75) is 39.3 Å². The van der Waals surface area contributed by atoms with Gasteiger partial charge < -0.3 is 0 Å². The standard InChI is InChI=1S/C11H19BrN2S/c1-3-10(4-2)14(7-5-12)9-11-13-6-8-15-11/h6,8,10H,3-5,7,9H2,1-2H3. The number of hydrogen-bond donors (Lipinski definition) is 0. The third kappa shape index (κ3) is 4.21. The Morgan fingerprint density at radius 1 is 1.47 bits per heavy atom. The Labute approximate surface area is 105 Å². The van der Waals surface area contributed by atoms with E-state index in [-0.39, 0.29) is 0 Å². The van der Waals surface area contributed by atoms with Crippen LogP contribution in [-0.2, 0) is 6.54 Å². The van der Waals surface area contributed by atoms with E-state index in [0.29, 0.717) is 6.04 Å². The number of hydrogen-bond acceptors (Lipinski definition) is 3. The summed E-state index contributed by atoms with van der Waals surface area (Å²) >= 11 is 5.27. The number of halogens is 1. The molecule has 0 unspecified atom stereocenters. The van der Waals surface area contributed by atoms with Gasteiger partial charge in [0.2, 0.25) is 0 Å². The molecule has 86 valence electrons. The van der Waals surface area contributed by atoms with Gasteiger partial charge in [-0.15, -0.1) is 11.3 Å². The van der Waals surface area contributed by atoms with Crippen molar-refractivity contribution in [3.05, 3.63) is 16.6 Å². The fraction of sp³-hybridized carbons (Fsp3) is 0.727. The molecule has 0 aliphatic carbocycles. The number of nitrogens with zero attached hydrogens (tertiary/aromatic N) is 2.